The average molecular weight is 179 g/mol. The molecular weight excluding hydrogens is 162 g/mol. The molecule has 0 aliphatic heterocycles. The van der Waals surface area contributed by atoms with Gasteiger partial charge in [-0.15, -0.1) is 0 Å². The predicted octanol–water partition coefficient (Wildman–Crippen LogP) is 1.65. The molecule has 2 heteroatoms. The normalized spacial score (nSPS) is 10.5. The molecule has 0 radical (unpaired) electrons. The molecule has 0 saturated carbocycles. The fourth-order valence-corrected chi connectivity index (χ4v) is 1.40. The lowest BCUT2D eigenvalue weighted by molar-refractivity contribution is 0.259. The van der Waals surface area contributed by atoms with Crippen molar-refractivity contribution in [2.45, 2.75) is 27.3 Å². The van der Waals surface area contributed by atoms with Gasteiger partial charge in [-0.1, -0.05) is 12.1 Å². The number of nitrogens with one attached hydrogen (secondary N) is 1. The maximum Gasteiger partial charge on any atom is 0.0934 e. The fourth-order valence-electron chi connectivity index (χ4n) is 1.40. The van der Waals surface area contributed by atoms with Crippen LogP contribution in [0.3, 0.4) is 0 Å². The number of benzene rings is 1. The van der Waals surface area contributed by atoms with Crippen LogP contribution in [0.25, 0.3) is 0 Å². The molecule has 0 aliphatic rings. The molecule has 0 fully saturated rings. The third kappa shape index (κ3) is 2.54. The van der Waals surface area contributed by atoms with E-state index in [1.54, 1.807) is 0 Å². The van der Waals surface area contributed by atoms with Crippen LogP contribution >= 0.6 is 0 Å². The minimum atomic E-state index is 0.0341. The Balaban J connectivity index is 2.88. The van der Waals surface area contributed by atoms with Gasteiger partial charge < -0.3 is 5.11 Å². The van der Waals surface area contributed by atoms with Crippen LogP contribution in [0.15, 0.2) is 12.1 Å². The monoisotopic (exact) mass is 179 g/mol. The highest BCUT2D eigenvalue weighted by molar-refractivity contribution is 5.36. The van der Waals surface area contributed by atoms with E-state index in [4.69, 9.17) is 5.11 Å². The number of aryl methyl sites for hydroxylation is 3. The van der Waals surface area contributed by atoms with Crippen molar-refractivity contribution in [3.05, 3.63) is 34.4 Å². The Hall–Kier alpha value is -0.860. The molecule has 2 N–H and O–H groups in total. The van der Waals surface area contributed by atoms with Gasteiger partial charge in [-0.2, -0.15) is 0 Å². The van der Waals surface area contributed by atoms with Crippen LogP contribution in [0.5, 0.6) is 0 Å². The van der Waals surface area contributed by atoms with Gasteiger partial charge in [-0.05, 0) is 43.0 Å². The first-order valence-corrected chi connectivity index (χ1v) is 4.53. The molecule has 0 unspecified atom stereocenters. The second kappa shape index (κ2) is 4.40. The summed E-state index contributed by atoms with van der Waals surface area (Å²) in [6.07, 6.45) is 0. The Morgan fingerprint density at radius 3 is 2.31 bits per heavy atom. The molecule has 72 valence electrons. The van der Waals surface area contributed by atoms with E-state index in [1.807, 2.05) is 0 Å². The number of aliphatic hydroxyl groups excluding tert-OH is 1. The van der Waals surface area contributed by atoms with Crippen LogP contribution in [0.1, 0.15) is 22.3 Å². The van der Waals surface area contributed by atoms with Crippen molar-refractivity contribution in [1.82, 2.24) is 5.32 Å². The number of hydrogen-bond acceptors (Lipinski definition) is 2. The number of aliphatic hydroxyl groups is 1. The first-order chi connectivity index (χ1) is 6.15. The quantitative estimate of drug-likeness (QED) is 0.691. The number of rotatable bonds is 3. The van der Waals surface area contributed by atoms with E-state index in [2.05, 4.69) is 38.2 Å². The summed E-state index contributed by atoms with van der Waals surface area (Å²) >= 11 is 0. The lowest BCUT2D eigenvalue weighted by atomic mass is 10.0. The van der Waals surface area contributed by atoms with Gasteiger partial charge in [-0.25, -0.2) is 0 Å². The summed E-state index contributed by atoms with van der Waals surface area (Å²) in [5.41, 5.74) is 5.17. The topological polar surface area (TPSA) is 32.3 Å². The molecule has 0 saturated heterocycles. The zero-order valence-electron chi connectivity index (χ0n) is 8.52. The van der Waals surface area contributed by atoms with Gasteiger partial charge in [0, 0.05) is 6.54 Å². The highest BCUT2D eigenvalue weighted by Crippen LogP contribution is 2.14. The predicted molar refractivity (Wildman–Crippen MR) is 54.6 cm³/mol. The Morgan fingerprint density at radius 2 is 1.69 bits per heavy atom. The van der Waals surface area contributed by atoms with E-state index in [-0.39, 0.29) is 6.73 Å². The van der Waals surface area contributed by atoms with Gasteiger partial charge in [0.05, 0.1) is 6.73 Å². The van der Waals surface area contributed by atoms with E-state index in [0.717, 1.165) is 6.54 Å². The molecule has 1 aromatic rings. The van der Waals surface area contributed by atoms with Crippen molar-refractivity contribution < 1.29 is 5.11 Å². The van der Waals surface area contributed by atoms with Gasteiger partial charge in [0.1, 0.15) is 0 Å². The van der Waals surface area contributed by atoms with Crippen LogP contribution in [0, 0.1) is 20.8 Å². The highest BCUT2D eigenvalue weighted by Gasteiger charge is 2.00. The molecule has 0 spiro atoms. The molecule has 2 nitrogen and oxygen atoms in total. The Labute approximate surface area is 79.6 Å². The summed E-state index contributed by atoms with van der Waals surface area (Å²) in [4.78, 5) is 0. The summed E-state index contributed by atoms with van der Waals surface area (Å²) in [6.45, 7) is 7.10. The van der Waals surface area contributed by atoms with E-state index in [0.29, 0.717) is 0 Å². The maximum absolute atomic E-state index is 8.63. The van der Waals surface area contributed by atoms with Crippen LogP contribution in [-0.2, 0) is 6.54 Å². The second-order valence-electron chi connectivity index (χ2n) is 3.45. The summed E-state index contributed by atoms with van der Waals surface area (Å²) < 4.78 is 0. The van der Waals surface area contributed by atoms with Crippen molar-refractivity contribution >= 4 is 0 Å². The van der Waals surface area contributed by atoms with Gasteiger partial charge in [0.25, 0.3) is 0 Å². The Bertz CT molecular complexity index is 294. The SMILES string of the molecule is Cc1cc(C)c(CNCO)cc1C. The molecule has 0 heterocycles. The van der Waals surface area contributed by atoms with Crippen molar-refractivity contribution in [3.8, 4) is 0 Å². The summed E-state index contributed by atoms with van der Waals surface area (Å²) in [6, 6.07) is 4.36. The molecular formula is C11H17NO. The zero-order valence-corrected chi connectivity index (χ0v) is 8.52. The molecule has 1 aromatic carbocycles. The first kappa shape index (κ1) is 10.2. The minimum absolute atomic E-state index is 0.0341. The molecule has 13 heavy (non-hydrogen) atoms. The van der Waals surface area contributed by atoms with Gasteiger partial charge in [-0.3, -0.25) is 5.32 Å². The summed E-state index contributed by atoms with van der Waals surface area (Å²) in [7, 11) is 0. The van der Waals surface area contributed by atoms with Crippen molar-refractivity contribution in [2.24, 2.45) is 0 Å². The summed E-state index contributed by atoms with van der Waals surface area (Å²) in [5, 5.41) is 11.5. The van der Waals surface area contributed by atoms with Gasteiger partial charge in [0.15, 0.2) is 0 Å². The van der Waals surface area contributed by atoms with Crippen LogP contribution in [0.2, 0.25) is 0 Å². The second-order valence-corrected chi connectivity index (χ2v) is 3.45. The lowest BCUT2D eigenvalue weighted by Crippen LogP contribution is -2.14. The van der Waals surface area contributed by atoms with Gasteiger partial charge >= 0.3 is 0 Å². The van der Waals surface area contributed by atoms with Crippen molar-refractivity contribution in [1.29, 1.82) is 0 Å². The van der Waals surface area contributed by atoms with E-state index < -0.39 is 0 Å². The van der Waals surface area contributed by atoms with Gasteiger partial charge in [0.2, 0.25) is 0 Å². The van der Waals surface area contributed by atoms with Crippen LogP contribution < -0.4 is 5.32 Å². The molecule has 0 aliphatic carbocycles. The highest BCUT2D eigenvalue weighted by atomic mass is 16.3. The molecule has 0 amide bonds. The maximum atomic E-state index is 8.63. The van der Waals surface area contributed by atoms with E-state index >= 15 is 0 Å². The molecule has 0 bridgehead atoms. The van der Waals surface area contributed by atoms with E-state index in [9.17, 15) is 0 Å². The molecule has 0 atom stereocenters. The molecule has 0 aromatic heterocycles. The third-order valence-electron chi connectivity index (χ3n) is 2.38. The van der Waals surface area contributed by atoms with Crippen molar-refractivity contribution in [3.63, 3.8) is 0 Å². The van der Waals surface area contributed by atoms with Crippen LogP contribution in [0.4, 0.5) is 0 Å². The molecule has 1 rings (SSSR count). The van der Waals surface area contributed by atoms with E-state index in [1.165, 1.54) is 22.3 Å². The van der Waals surface area contributed by atoms with Crippen molar-refractivity contribution in [2.75, 3.05) is 6.73 Å². The lowest BCUT2D eigenvalue weighted by Gasteiger charge is -2.09. The minimum Gasteiger partial charge on any atom is -0.381 e. The fraction of sp³-hybridized carbons (Fsp3) is 0.455. The largest absolute Gasteiger partial charge is 0.381 e. The first-order valence-electron chi connectivity index (χ1n) is 4.53. The van der Waals surface area contributed by atoms with Crippen LogP contribution in [-0.4, -0.2) is 11.8 Å². The smallest absolute Gasteiger partial charge is 0.0934 e. The third-order valence-corrected chi connectivity index (χ3v) is 2.38. The Kier molecular flexibility index (Phi) is 3.46. The summed E-state index contributed by atoms with van der Waals surface area (Å²) in [5.74, 6) is 0. The number of hydrogen-bond donors (Lipinski definition) is 2. The Morgan fingerprint density at radius 1 is 1.08 bits per heavy atom. The zero-order chi connectivity index (χ0) is 9.84. The average Bonchev–Trinajstić information content (AvgIpc) is 2.09. The standard InChI is InChI=1S/C11H17NO/c1-8-4-10(3)11(5-9(8)2)6-12-7-13/h4-5,12-13H,6-7H2,1-3H3.